The molecule has 0 atom stereocenters. The Bertz CT molecular complexity index is 552. The molecule has 19 heavy (non-hydrogen) atoms. The minimum absolute atomic E-state index is 0.0261. The van der Waals surface area contributed by atoms with E-state index < -0.39 is 0 Å². The van der Waals surface area contributed by atoms with Crippen LogP contribution in [0.3, 0.4) is 0 Å². The van der Waals surface area contributed by atoms with Gasteiger partial charge in [0.05, 0.1) is 6.61 Å². The molecule has 0 radical (unpaired) electrons. The lowest BCUT2D eigenvalue weighted by atomic mass is 10.2. The molecule has 0 bridgehead atoms. The summed E-state index contributed by atoms with van der Waals surface area (Å²) < 4.78 is 2.21. The Labute approximate surface area is 116 Å². The van der Waals surface area contributed by atoms with Gasteiger partial charge in [0.15, 0.2) is 5.16 Å². The molecule has 0 fully saturated rings. The van der Waals surface area contributed by atoms with E-state index in [2.05, 4.69) is 19.7 Å². The third kappa shape index (κ3) is 2.79. The van der Waals surface area contributed by atoms with Crippen molar-refractivity contribution in [3.05, 3.63) is 29.7 Å². The smallest absolute Gasteiger partial charge is 0.197 e. The summed E-state index contributed by atoms with van der Waals surface area (Å²) in [5.74, 6) is 1.09. The van der Waals surface area contributed by atoms with Crippen LogP contribution in [-0.2, 0) is 19.6 Å². The van der Waals surface area contributed by atoms with E-state index in [1.54, 1.807) is 6.20 Å². The van der Waals surface area contributed by atoms with Crippen LogP contribution >= 0.6 is 11.8 Å². The Kier molecular flexibility index (Phi) is 3.79. The molecule has 0 unspecified atom stereocenters. The van der Waals surface area contributed by atoms with Crippen LogP contribution in [-0.4, -0.2) is 24.9 Å². The molecule has 2 aromatic rings. The van der Waals surface area contributed by atoms with E-state index in [1.165, 1.54) is 31.0 Å². The quantitative estimate of drug-likeness (QED) is 0.929. The molecule has 3 rings (SSSR count). The minimum atomic E-state index is 0.0261. The van der Waals surface area contributed by atoms with Gasteiger partial charge in [0.1, 0.15) is 10.9 Å². The third-order valence-corrected chi connectivity index (χ3v) is 4.19. The number of aryl methyl sites for hydroxylation is 1. The van der Waals surface area contributed by atoms with Crippen LogP contribution in [0.2, 0.25) is 0 Å². The summed E-state index contributed by atoms with van der Waals surface area (Å²) in [6.07, 6.45) is 6.37. The van der Waals surface area contributed by atoms with Gasteiger partial charge in [-0.2, -0.15) is 0 Å². The maximum atomic E-state index is 9.00. The van der Waals surface area contributed by atoms with E-state index in [0.717, 1.165) is 34.5 Å². The zero-order valence-electron chi connectivity index (χ0n) is 10.6. The molecule has 0 aliphatic carbocycles. The highest BCUT2D eigenvalue weighted by Gasteiger charge is 2.15. The lowest BCUT2D eigenvalue weighted by molar-refractivity contribution is 0.281. The lowest BCUT2D eigenvalue weighted by Crippen LogP contribution is -2.02. The molecule has 2 aromatic heterocycles. The van der Waals surface area contributed by atoms with Crippen LogP contribution in [0.5, 0.6) is 0 Å². The van der Waals surface area contributed by atoms with Crippen molar-refractivity contribution in [2.75, 3.05) is 0 Å². The average Bonchev–Trinajstić information content (AvgIpc) is 2.68. The average molecular weight is 276 g/mol. The summed E-state index contributed by atoms with van der Waals surface area (Å²) in [5.41, 5.74) is 0.824. The standard InChI is InChI=1S/C13H16N4OS/c18-9-10-5-6-12(14-8-10)19-13-16-15-11-4-2-1-3-7-17(11)13/h5-6,8,18H,1-4,7,9H2. The van der Waals surface area contributed by atoms with Gasteiger partial charge in [0.25, 0.3) is 0 Å². The molecule has 0 saturated heterocycles. The number of hydrogen-bond donors (Lipinski definition) is 1. The molecule has 1 aliphatic heterocycles. The summed E-state index contributed by atoms with van der Waals surface area (Å²) >= 11 is 1.53. The first kappa shape index (κ1) is 12.6. The van der Waals surface area contributed by atoms with Gasteiger partial charge in [-0.1, -0.05) is 12.5 Å². The van der Waals surface area contributed by atoms with Crippen molar-refractivity contribution >= 4 is 11.8 Å². The highest BCUT2D eigenvalue weighted by molar-refractivity contribution is 7.99. The molecular formula is C13H16N4OS. The summed E-state index contributed by atoms with van der Waals surface area (Å²) in [7, 11) is 0. The fourth-order valence-electron chi connectivity index (χ4n) is 2.19. The van der Waals surface area contributed by atoms with Crippen LogP contribution < -0.4 is 0 Å². The molecule has 3 heterocycles. The van der Waals surface area contributed by atoms with Gasteiger partial charge in [-0.05, 0) is 36.2 Å². The fraction of sp³-hybridized carbons (Fsp3) is 0.462. The second kappa shape index (κ2) is 5.71. The van der Waals surface area contributed by atoms with Gasteiger partial charge in [-0.25, -0.2) is 4.98 Å². The highest BCUT2D eigenvalue weighted by atomic mass is 32.2. The minimum Gasteiger partial charge on any atom is -0.392 e. The number of rotatable bonds is 3. The first-order valence-corrected chi connectivity index (χ1v) is 7.34. The number of nitrogens with zero attached hydrogens (tertiary/aromatic N) is 4. The summed E-state index contributed by atoms with van der Waals surface area (Å²) in [6.45, 7) is 1.03. The molecule has 0 amide bonds. The summed E-state index contributed by atoms with van der Waals surface area (Å²) in [6, 6.07) is 3.80. The van der Waals surface area contributed by atoms with Crippen molar-refractivity contribution < 1.29 is 5.11 Å². The third-order valence-electron chi connectivity index (χ3n) is 3.25. The zero-order valence-corrected chi connectivity index (χ0v) is 11.4. The van der Waals surface area contributed by atoms with E-state index in [-0.39, 0.29) is 6.61 Å². The monoisotopic (exact) mass is 276 g/mol. The van der Waals surface area contributed by atoms with Gasteiger partial charge < -0.3 is 9.67 Å². The second-order valence-corrected chi connectivity index (χ2v) is 5.61. The van der Waals surface area contributed by atoms with Gasteiger partial charge in [0, 0.05) is 19.2 Å². The summed E-state index contributed by atoms with van der Waals surface area (Å²) in [4.78, 5) is 4.32. The van der Waals surface area contributed by atoms with Gasteiger partial charge >= 0.3 is 0 Å². The Morgan fingerprint density at radius 1 is 1.21 bits per heavy atom. The highest BCUT2D eigenvalue weighted by Crippen LogP contribution is 2.27. The molecular weight excluding hydrogens is 260 g/mol. The van der Waals surface area contributed by atoms with Crippen molar-refractivity contribution in [3.63, 3.8) is 0 Å². The second-order valence-electron chi connectivity index (χ2n) is 4.63. The number of aromatic nitrogens is 4. The SMILES string of the molecule is OCc1ccc(Sc2nnc3n2CCCCC3)nc1. The van der Waals surface area contributed by atoms with Crippen molar-refractivity contribution in [2.45, 2.75) is 49.0 Å². The first-order chi connectivity index (χ1) is 9.36. The molecule has 0 aromatic carbocycles. The van der Waals surface area contributed by atoms with Crippen molar-refractivity contribution in [1.82, 2.24) is 19.7 Å². The van der Waals surface area contributed by atoms with Crippen molar-refractivity contribution in [3.8, 4) is 0 Å². The molecule has 5 nitrogen and oxygen atoms in total. The molecule has 1 aliphatic rings. The molecule has 6 heteroatoms. The first-order valence-electron chi connectivity index (χ1n) is 6.52. The summed E-state index contributed by atoms with van der Waals surface area (Å²) in [5, 5.41) is 19.3. The predicted molar refractivity (Wildman–Crippen MR) is 71.9 cm³/mol. The van der Waals surface area contributed by atoms with Gasteiger partial charge in [-0.15, -0.1) is 10.2 Å². The Morgan fingerprint density at radius 3 is 2.95 bits per heavy atom. The van der Waals surface area contributed by atoms with Crippen LogP contribution in [0.15, 0.2) is 28.5 Å². The van der Waals surface area contributed by atoms with Crippen molar-refractivity contribution in [1.29, 1.82) is 0 Å². The van der Waals surface area contributed by atoms with Gasteiger partial charge in [0.2, 0.25) is 0 Å². The van der Waals surface area contributed by atoms with E-state index in [4.69, 9.17) is 5.11 Å². The lowest BCUT2D eigenvalue weighted by Gasteiger charge is -2.06. The molecule has 0 saturated carbocycles. The maximum Gasteiger partial charge on any atom is 0.197 e. The Balaban J connectivity index is 1.80. The van der Waals surface area contributed by atoms with E-state index in [1.807, 2.05) is 12.1 Å². The topological polar surface area (TPSA) is 63.8 Å². The molecule has 100 valence electrons. The predicted octanol–water partition coefficient (Wildman–Crippen LogP) is 2.04. The number of hydrogen-bond acceptors (Lipinski definition) is 5. The number of aliphatic hydroxyl groups excluding tert-OH is 1. The van der Waals surface area contributed by atoms with Crippen molar-refractivity contribution in [2.24, 2.45) is 0 Å². The normalized spacial score (nSPS) is 15.0. The molecule has 0 spiro atoms. The van der Waals surface area contributed by atoms with E-state index in [9.17, 15) is 0 Å². The molecule has 1 N–H and O–H groups in total. The van der Waals surface area contributed by atoms with Crippen LogP contribution in [0.1, 0.15) is 30.7 Å². The number of pyridine rings is 1. The number of fused-ring (bicyclic) bond motifs is 1. The van der Waals surface area contributed by atoms with Gasteiger partial charge in [-0.3, -0.25) is 0 Å². The van der Waals surface area contributed by atoms with E-state index >= 15 is 0 Å². The van der Waals surface area contributed by atoms with Crippen LogP contribution in [0.25, 0.3) is 0 Å². The zero-order chi connectivity index (χ0) is 13.1. The van der Waals surface area contributed by atoms with E-state index in [0.29, 0.717) is 0 Å². The maximum absolute atomic E-state index is 9.00. The van der Waals surface area contributed by atoms with Crippen LogP contribution in [0, 0.1) is 0 Å². The van der Waals surface area contributed by atoms with Crippen LogP contribution in [0.4, 0.5) is 0 Å². The Hall–Kier alpha value is -1.40. The largest absolute Gasteiger partial charge is 0.392 e. The fourth-order valence-corrected chi connectivity index (χ4v) is 3.01. The number of aliphatic hydroxyl groups is 1. The Morgan fingerprint density at radius 2 is 2.16 bits per heavy atom.